The van der Waals surface area contributed by atoms with E-state index in [4.69, 9.17) is 5.73 Å². The van der Waals surface area contributed by atoms with Gasteiger partial charge < -0.3 is 11.1 Å². The predicted octanol–water partition coefficient (Wildman–Crippen LogP) is 5.40. The number of nitrogens with two attached hydrogens (primary N) is 1. The summed E-state index contributed by atoms with van der Waals surface area (Å²) in [6, 6.07) is 9.20. The number of benzene rings is 2. The third-order valence-corrected chi connectivity index (χ3v) is 6.45. The van der Waals surface area contributed by atoms with Gasteiger partial charge in [0.1, 0.15) is 0 Å². The molecule has 0 radical (unpaired) electrons. The molecule has 0 spiro atoms. The van der Waals surface area contributed by atoms with Gasteiger partial charge in [0.05, 0.1) is 5.56 Å². The first-order valence-electron chi connectivity index (χ1n) is 11.8. The van der Waals surface area contributed by atoms with Crippen LogP contribution in [0.5, 0.6) is 0 Å². The average Bonchev–Trinajstić information content (AvgIpc) is 2.75. The van der Waals surface area contributed by atoms with E-state index in [9.17, 15) is 18.0 Å². The van der Waals surface area contributed by atoms with Crippen molar-refractivity contribution in [2.24, 2.45) is 5.92 Å². The molecule has 1 amide bonds. The molecule has 3 rings (SSSR count). The number of rotatable bonds is 7. The Hall–Kier alpha value is -2.58. The van der Waals surface area contributed by atoms with Crippen LogP contribution in [0.15, 0.2) is 36.4 Å². The molecule has 1 saturated heterocycles. The summed E-state index contributed by atoms with van der Waals surface area (Å²) >= 11 is 0. The molecule has 1 unspecified atom stereocenters. The number of nitrogens with one attached hydrogen (secondary N) is 1. The molecule has 3 N–H and O–H groups in total. The zero-order chi connectivity index (χ0) is 25.0. The van der Waals surface area contributed by atoms with Crippen molar-refractivity contribution in [1.82, 2.24) is 9.80 Å². The van der Waals surface area contributed by atoms with Crippen LogP contribution < -0.4 is 11.1 Å². The third-order valence-electron chi connectivity index (χ3n) is 6.45. The standard InChI is InChI=1S/C26H35F3N4O/c1-5-33-11-10-32(16-22(33)12-17(2)3)15-20-8-7-19(13-23(20)26(27,28)29)25(34)31-21-9-6-18(4)24(30)14-21/h6-9,13-14,17,22H,5,10-12,15-16,30H2,1-4H3,(H,31,34). The van der Waals surface area contributed by atoms with Crippen LogP contribution in [0.3, 0.4) is 0 Å². The Bertz CT molecular complexity index is 1010. The summed E-state index contributed by atoms with van der Waals surface area (Å²) in [7, 11) is 0. The lowest BCUT2D eigenvalue weighted by Crippen LogP contribution is -2.53. The van der Waals surface area contributed by atoms with Gasteiger partial charge in [-0.05, 0) is 61.2 Å². The number of nitrogens with zero attached hydrogens (tertiary/aromatic N) is 2. The SMILES string of the molecule is CCN1CCN(Cc2ccc(C(=O)Nc3ccc(C)c(N)c3)cc2C(F)(F)F)CC1CC(C)C. The molecule has 0 saturated carbocycles. The molecule has 0 aliphatic carbocycles. The number of hydrogen-bond donors (Lipinski definition) is 2. The van der Waals surface area contributed by atoms with Crippen LogP contribution in [0.4, 0.5) is 24.5 Å². The van der Waals surface area contributed by atoms with Gasteiger partial charge >= 0.3 is 6.18 Å². The minimum Gasteiger partial charge on any atom is -0.398 e. The number of piperazine rings is 1. The van der Waals surface area contributed by atoms with E-state index in [0.29, 0.717) is 23.3 Å². The predicted molar refractivity (Wildman–Crippen MR) is 131 cm³/mol. The van der Waals surface area contributed by atoms with E-state index in [0.717, 1.165) is 44.2 Å². The Balaban J connectivity index is 1.79. The van der Waals surface area contributed by atoms with Crippen LogP contribution in [0.25, 0.3) is 0 Å². The zero-order valence-electron chi connectivity index (χ0n) is 20.4. The van der Waals surface area contributed by atoms with E-state index in [1.165, 1.54) is 12.1 Å². The van der Waals surface area contributed by atoms with Crippen molar-refractivity contribution in [2.45, 2.75) is 52.9 Å². The van der Waals surface area contributed by atoms with Crippen molar-refractivity contribution in [3.63, 3.8) is 0 Å². The van der Waals surface area contributed by atoms with Gasteiger partial charge in [-0.2, -0.15) is 13.2 Å². The van der Waals surface area contributed by atoms with E-state index in [1.807, 2.05) is 6.92 Å². The molecule has 1 aliphatic heterocycles. The highest BCUT2D eigenvalue weighted by molar-refractivity contribution is 6.04. The van der Waals surface area contributed by atoms with Crippen LogP contribution in [0.2, 0.25) is 0 Å². The monoisotopic (exact) mass is 476 g/mol. The van der Waals surface area contributed by atoms with Gasteiger partial charge in [-0.25, -0.2) is 0 Å². The van der Waals surface area contributed by atoms with Crippen LogP contribution in [-0.2, 0) is 12.7 Å². The highest BCUT2D eigenvalue weighted by Gasteiger charge is 2.35. The number of carbonyl (C=O) groups excluding carboxylic acids is 1. The maximum absolute atomic E-state index is 14.0. The first-order chi connectivity index (χ1) is 16.0. The molecule has 1 aliphatic rings. The van der Waals surface area contributed by atoms with E-state index < -0.39 is 17.6 Å². The van der Waals surface area contributed by atoms with Crippen molar-refractivity contribution in [3.05, 3.63) is 58.7 Å². The Morgan fingerprint density at radius 3 is 2.53 bits per heavy atom. The topological polar surface area (TPSA) is 61.6 Å². The second kappa shape index (κ2) is 10.8. The fourth-order valence-electron chi connectivity index (χ4n) is 4.57. The Kier molecular flexibility index (Phi) is 8.25. The number of hydrogen-bond acceptors (Lipinski definition) is 4. The summed E-state index contributed by atoms with van der Waals surface area (Å²) in [5.74, 6) is -0.0831. The lowest BCUT2D eigenvalue weighted by atomic mass is 9.98. The van der Waals surface area contributed by atoms with Crippen LogP contribution in [0, 0.1) is 12.8 Å². The second-order valence-electron chi connectivity index (χ2n) is 9.54. The van der Waals surface area contributed by atoms with Crippen molar-refractivity contribution in [3.8, 4) is 0 Å². The number of anilines is 2. The molecular weight excluding hydrogens is 441 g/mol. The van der Waals surface area contributed by atoms with E-state index in [-0.39, 0.29) is 17.7 Å². The number of nitrogen functional groups attached to an aromatic ring is 1. The average molecular weight is 477 g/mol. The normalized spacial score (nSPS) is 17.8. The first-order valence-corrected chi connectivity index (χ1v) is 11.8. The van der Waals surface area contributed by atoms with Gasteiger partial charge in [-0.3, -0.25) is 14.6 Å². The summed E-state index contributed by atoms with van der Waals surface area (Å²) in [5.41, 5.74) is 7.06. The molecule has 2 aromatic rings. The van der Waals surface area contributed by atoms with Crippen molar-refractivity contribution < 1.29 is 18.0 Å². The molecule has 0 bridgehead atoms. The molecule has 1 atom stereocenters. The lowest BCUT2D eigenvalue weighted by Gasteiger charge is -2.42. The summed E-state index contributed by atoms with van der Waals surface area (Å²) in [5, 5.41) is 2.64. The maximum atomic E-state index is 14.0. The molecule has 1 heterocycles. The number of aryl methyl sites for hydroxylation is 1. The van der Waals surface area contributed by atoms with Gasteiger partial charge in [0.25, 0.3) is 5.91 Å². The Morgan fingerprint density at radius 1 is 1.18 bits per heavy atom. The van der Waals surface area contributed by atoms with Gasteiger partial charge in [0.2, 0.25) is 0 Å². The van der Waals surface area contributed by atoms with Gasteiger partial charge in [-0.15, -0.1) is 0 Å². The van der Waals surface area contributed by atoms with Crippen LogP contribution in [-0.4, -0.2) is 47.9 Å². The first kappa shape index (κ1) is 26.0. The highest BCUT2D eigenvalue weighted by Crippen LogP contribution is 2.34. The third kappa shape index (κ3) is 6.51. The van der Waals surface area contributed by atoms with Crippen LogP contribution >= 0.6 is 0 Å². The Labute approximate surface area is 200 Å². The molecule has 186 valence electrons. The van der Waals surface area contributed by atoms with Gasteiger partial charge in [0.15, 0.2) is 0 Å². The largest absolute Gasteiger partial charge is 0.416 e. The smallest absolute Gasteiger partial charge is 0.398 e. The van der Waals surface area contributed by atoms with E-state index >= 15 is 0 Å². The second-order valence-corrected chi connectivity index (χ2v) is 9.54. The highest BCUT2D eigenvalue weighted by atomic mass is 19.4. The number of likely N-dealkylation sites (N-methyl/N-ethyl adjacent to an activating group) is 1. The number of amides is 1. The summed E-state index contributed by atoms with van der Waals surface area (Å²) in [6.45, 7) is 11.7. The molecule has 2 aromatic carbocycles. The molecule has 5 nitrogen and oxygen atoms in total. The minimum atomic E-state index is -4.55. The molecular formula is C26H35F3N4O. The minimum absolute atomic E-state index is 0.0382. The number of halogens is 3. The lowest BCUT2D eigenvalue weighted by molar-refractivity contribution is -0.138. The fourth-order valence-corrected chi connectivity index (χ4v) is 4.57. The summed E-state index contributed by atoms with van der Waals surface area (Å²) in [6.07, 6.45) is -3.54. The molecule has 1 fully saturated rings. The summed E-state index contributed by atoms with van der Waals surface area (Å²) in [4.78, 5) is 17.2. The van der Waals surface area contributed by atoms with Crippen molar-refractivity contribution >= 4 is 17.3 Å². The molecule has 0 aromatic heterocycles. The fraction of sp³-hybridized carbons (Fsp3) is 0.500. The van der Waals surface area contributed by atoms with Crippen molar-refractivity contribution in [1.29, 1.82) is 0 Å². The van der Waals surface area contributed by atoms with Crippen LogP contribution in [0.1, 0.15) is 54.2 Å². The quantitative estimate of drug-likeness (QED) is 0.526. The van der Waals surface area contributed by atoms with Gasteiger partial charge in [-0.1, -0.05) is 32.9 Å². The molecule has 34 heavy (non-hydrogen) atoms. The van der Waals surface area contributed by atoms with Gasteiger partial charge in [0, 0.05) is 49.2 Å². The Morgan fingerprint density at radius 2 is 1.91 bits per heavy atom. The maximum Gasteiger partial charge on any atom is 0.416 e. The van der Waals surface area contributed by atoms with E-state index in [2.05, 4.69) is 35.9 Å². The van der Waals surface area contributed by atoms with E-state index in [1.54, 1.807) is 18.2 Å². The number of carbonyl (C=O) groups is 1. The zero-order valence-corrected chi connectivity index (χ0v) is 20.4. The molecule has 8 heteroatoms. The number of alkyl halides is 3. The van der Waals surface area contributed by atoms with Crippen molar-refractivity contribution in [2.75, 3.05) is 37.2 Å². The summed E-state index contributed by atoms with van der Waals surface area (Å²) < 4.78 is 41.9.